The lowest BCUT2D eigenvalue weighted by molar-refractivity contribution is 0.112. The quantitative estimate of drug-likeness (QED) is 0.740. The number of aldehydes is 1. The first-order valence-electron chi connectivity index (χ1n) is 6.26. The SMILES string of the molecule is CN(C)c1ccc(-c2n[nH]c3cc(C=O)ccc23)cn1. The summed E-state index contributed by atoms with van der Waals surface area (Å²) in [4.78, 5) is 17.1. The molecule has 0 saturated heterocycles. The lowest BCUT2D eigenvalue weighted by Crippen LogP contribution is -2.09. The van der Waals surface area contributed by atoms with Crippen molar-refractivity contribution in [1.82, 2.24) is 15.2 Å². The number of aromatic nitrogens is 3. The van der Waals surface area contributed by atoms with E-state index in [-0.39, 0.29) is 0 Å². The van der Waals surface area contributed by atoms with Gasteiger partial charge in [0.25, 0.3) is 0 Å². The van der Waals surface area contributed by atoms with Crippen LogP contribution < -0.4 is 4.90 Å². The van der Waals surface area contributed by atoms with Gasteiger partial charge in [0.05, 0.1) is 5.52 Å². The standard InChI is InChI=1S/C15H14N4O/c1-19(2)14-6-4-11(8-16-14)15-12-5-3-10(9-20)7-13(12)17-18-15/h3-9H,1-2H3,(H,17,18). The molecule has 5 heteroatoms. The number of carbonyl (C=O) groups excluding carboxylic acids is 1. The Hall–Kier alpha value is -2.69. The number of hydrogen-bond donors (Lipinski definition) is 1. The maximum atomic E-state index is 10.8. The molecule has 20 heavy (non-hydrogen) atoms. The zero-order chi connectivity index (χ0) is 14.1. The summed E-state index contributed by atoms with van der Waals surface area (Å²) >= 11 is 0. The third kappa shape index (κ3) is 2.03. The van der Waals surface area contributed by atoms with Gasteiger partial charge in [-0.2, -0.15) is 5.10 Å². The number of carbonyl (C=O) groups is 1. The van der Waals surface area contributed by atoms with Crippen LogP contribution in [0.2, 0.25) is 0 Å². The molecule has 0 atom stereocenters. The van der Waals surface area contributed by atoms with Gasteiger partial charge in [-0.3, -0.25) is 9.89 Å². The Morgan fingerprint density at radius 1 is 1.20 bits per heavy atom. The minimum atomic E-state index is 0.633. The highest BCUT2D eigenvalue weighted by Gasteiger charge is 2.09. The summed E-state index contributed by atoms with van der Waals surface area (Å²) in [6.07, 6.45) is 2.63. The van der Waals surface area contributed by atoms with Crippen LogP contribution in [0.4, 0.5) is 5.82 Å². The number of nitrogens with one attached hydrogen (secondary N) is 1. The van der Waals surface area contributed by atoms with Gasteiger partial charge in [-0.25, -0.2) is 4.98 Å². The predicted octanol–water partition coefficient (Wildman–Crippen LogP) is 2.50. The summed E-state index contributed by atoms with van der Waals surface area (Å²) in [5.41, 5.74) is 3.27. The number of anilines is 1. The summed E-state index contributed by atoms with van der Waals surface area (Å²) in [6.45, 7) is 0. The zero-order valence-corrected chi connectivity index (χ0v) is 11.3. The van der Waals surface area contributed by atoms with E-state index < -0.39 is 0 Å². The van der Waals surface area contributed by atoms with Crippen molar-refractivity contribution in [2.75, 3.05) is 19.0 Å². The monoisotopic (exact) mass is 266 g/mol. The summed E-state index contributed by atoms with van der Waals surface area (Å²) in [7, 11) is 3.90. The molecular weight excluding hydrogens is 252 g/mol. The molecule has 5 nitrogen and oxygen atoms in total. The average Bonchev–Trinajstić information content (AvgIpc) is 2.90. The van der Waals surface area contributed by atoms with Crippen molar-refractivity contribution >= 4 is 23.0 Å². The second kappa shape index (κ2) is 4.77. The van der Waals surface area contributed by atoms with Crippen LogP contribution in [0, 0.1) is 0 Å². The van der Waals surface area contributed by atoms with Crippen molar-refractivity contribution in [2.45, 2.75) is 0 Å². The van der Waals surface area contributed by atoms with Crippen LogP contribution in [0.3, 0.4) is 0 Å². The maximum absolute atomic E-state index is 10.8. The van der Waals surface area contributed by atoms with Crippen molar-refractivity contribution in [3.63, 3.8) is 0 Å². The third-order valence-corrected chi connectivity index (χ3v) is 3.20. The number of aromatic amines is 1. The van der Waals surface area contributed by atoms with E-state index in [1.807, 2.05) is 37.2 Å². The average molecular weight is 266 g/mol. The normalized spacial score (nSPS) is 10.7. The Labute approximate surface area is 116 Å². The van der Waals surface area contributed by atoms with Gasteiger partial charge in [-0.1, -0.05) is 6.07 Å². The first-order chi connectivity index (χ1) is 9.69. The van der Waals surface area contributed by atoms with Crippen LogP contribution in [-0.2, 0) is 0 Å². The van der Waals surface area contributed by atoms with E-state index in [9.17, 15) is 4.79 Å². The first kappa shape index (κ1) is 12.3. The van der Waals surface area contributed by atoms with E-state index in [4.69, 9.17) is 0 Å². The van der Waals surface area contributed by atoms with Gasteiger partial charge in [0.15, 0.2) is 0 Å². The number of fused-ring (bicyclic) bond motifs is 1. The molecule has 1 aromatic carbocycles. The minimum Gasteiger partial charge on any atom is -0.363 e. The van der Waals surface area contributed by atoms with Gasteiger partial charge in [0, 0.05) is 36.8 Å². The number of hydrogen-bond acceptors (Lipinski definition) is 4. The molecule has 0 aliphatic heterocycles. The zero-order valence-electron chi connectivity index (χ0n) is 11.3. The van der Waals surface area contributed by atoms with Gasteiger partial charge in [0.2, 0.25) is 0 Å². The molecule has 2 aromatic heterocycles. The summed E-state index contributed by atoms with van der Waals surface area (Å²) in [5.74, 6) is 0.900. The lowest BCUT2D eigenvalue weighted by atomic mass is 10.1. The number of pyridine rings is 1. The van der Waals surface area contributed by atoms with Crippen LogP contribution in [-0.4, -0.2) is 35.6 Å². The van der Waals surface area contributed by atoms with E-state index in [1.54, 1.807) is 18.3 Å². The van der Waals surface area contributed by atoms with Crippen molar-refractivity contribution < 1.29 is 4.79 Å². The van der Waals surface area contributed by atoms with E-state index in [0.717, 1.165) is 34.3 Å². The van der Waals surface area contributed by atoms with Crippen LogP contribution in [0.5, 0.6) is 0 Å². The number of nitrogens with zero attached hydrogens (tertiary/aromatic N) is 3. The van der Waals surface area contributed by atoms with Crippen LogP contribution in [0.15, 0.2) is 36.5 Å². The lowest BCUT2D eigenvalue weighted by Gasteiger charge is -2.10. The highest BCUT2D eigenvalue weighted by molar-refractivity contribution is 5.95. The third-order valence-electron chi connectivity index (χ3n) is 3.20. The van der Waals surface area contributed by atoms with Crippen LogP contribution >= 0.6 is 0 Å². The largest absolute Gasteiger partial charge is 0.363 e. The van der Waals surface area contributed by atoms with Gasteiger partial charge >= 0.3 is 0 Å². The van der Waals surface area contributed by atoms with Gasteiger partial charge in [-0.15, -0.1) is 0 Å². The van der Waals surface area contributed by atoms with Gasteiger partial charge in [-0.05, 0) is 24.3 Å². The molecule has 0 spiro atoms. The van der Waals surface area contributed by atoms with Gasteiger partial charge in [0.1, 0.15) is 17.8 Å². The predicted molar refractivity (Wildman–Crippen MR) is 79.0 cm³/mol. The molecule has 0 bridgehead atoms. The topological polar surface area (TPSA) is 61.9 Å². The molecule has 0 radical (unpaired) electrons. The Bertz CT molecular complexity index is 759. The smallest absolute Gasteiger partial charge is 0.150 e. The Morgan fingerprint density at radius 3 is 2.70 bits per heavy atom. The molecule has 0 unspecified atom stereocenters. The summed E-state index contributed by atoms with van der Waals surface area (Å²) in [6, 6.07) is 9.43. The summed E-state index contributed by atoms with van der Waals surface area (Å²) in [5, 5.41) is 8.25. The minimum absolute atomic E-state index is 0.633. The molecule has 0 fully saturated rings. The number of H-pyrrole nitrogens is 1. The van der Waals surface area contributed by atoms with E-state index in [1.165, 1.54) is 0 Å². The highest BCUT2D eigenvalue weighted by atomic mass is 16.1. The molecule has 3 aromatic rings. The van der Waals surface area contributed by atoms with Crippen LogP contribution in [0.25, 0.3) is 22.2 Å². The molecule has 0 aliphatic carbocycles. The van der Waals surface area contributed by atoms with Crippen molar-refractivity contribution in [3.8, 4) is 11.3 Å². The van der Waals surface area contributed by atoms with E-state index in [2.05, 4.69) is 15.2 Å². The maximum Gasteiger partial charge on any atom is 0.150 e. The van der Waals surface area contributed by atoms with E-state index in [0.29, 0.717) is 5.56 Å². The second-order valence-corrected chi connectivity index (χ2v) is 4.79. The van der Waals surface area contributed by atoms with Crippen LogP contribution in [0.1, 0.15) is 10.4 Å². The summed E-state index contributed by atoms with van der Waals surface area (Å²) < 4.78 is 0. The Kier molecular flexibility index (Phi) is 2.95. The fourth-order valence-corrected chi connectivity index (χ4v) is 2.12. The fourth-order valence-electron chi connectivity index (χ4n) is 2.12. The number of rotatable bonds is 3. The van der Waals surface area contributed by atoms with Crippen molar-refractivity contribution in [2.24, 2.45) is 0 Å². The molecule has 3 rings (SSSR count). The molecule has 0 amide bonds. The van der Waals surface area contributed by atoms with Crippen molar-refractivity contribution in [3.05, 3.63) is 42.1 Å². The number of benzene rings is 1. The Morgan fingerprint density at radius 2 is 2.05 bits per heavy atom. The highest BCUT2D eigenvalue weighted by Crippen LogP contribution is 2.26. The second-order valence-electron chi connectivity index (χ2n) is 4.79. The molecule has 2 heterocycles. The first-order valence-corrected chi connectivity index (χ1v) is 6.26. The molecular formula is C15H14N4O. The van der Waals surface area contributed by atoms with Crippen molar-refractivity contribution in [1.29, 1.82) is 0 Å². The van der Waals surface area contributed by atoms with E-state index >= 15 is 0 Å². The molecule has 100 valence electrons. The molecule has 0 saturated carbocycles. The van der Waals surface area contributed by atoms with Gasteiger partial charge < -0.3 is 4.90 Å². The molecule has 1 N–H and O–H groups in total. The fraction of sp³-hybridized carbons (Fsp3) is 0.133. The molecule has 0 aliphatic rings. The Balaban J connectivity index is 2.07.